The molecule has 0 aliphatic rings. The number of aromatic nitrogens is 1. The Morgan fingerprint density at radius 3 is 2.13 bits per heavy atom. The molecule has 4 aromatic rings. The standard InChI is InChI=1S/C15H10O7.C6H6N2O/c16-7-4-10(19)12-11(5-7)22-15(14(21)13(12)20)6-1-2-8(17)9(18)3-6;7-6(9)5-1-3-8-4-2-5/h1-5,16-19,21H;1-4H,(H2,7,9). The monoisotopic (exact) mass is 424 g/mol. The molecule has 0 bridgehead atoms. The van der Waals surface area contributed by atoms with Crippen LogP contribution in [-0.2, 0) is 0 Å². The highest BCUT2D eigenvalue weighted by molar-refractivity contribution is 5.92. The van der Waals surface area contributed by atoms with Gasteiger partial charge in [-0.2, -0.15) is 0 Å². The molecule has 2 aromatic carbocycles. The smallest absolute Gasteiger partial charge is 0.248 e. The lowest BCUT2D eigenvalue weighted by Gasteiger charge is -2.08. The molecule has 0 saturated carbocycles. The molecular weight excluding hydrogens is 408 g/mol. The molecular formula is C21H16N2O8. The maximum absolute atomic E-state index is 12.1. The summed E-state index contributed by atoms with van der Waals surface area (Å²) < 4.78 is 5.35. The second kappa shape index (κ2) is 8.33. The molecule has 7 N–H and O–H groups in total. The highest BCUT2D eigenvalue weighted by atomic mass is 16.4. The lowest BCUT2D eigenvalue weighted by Crippen LogP contribution is -2.10. The van der Waals surface area contributed by atoms with Crippen LogP contribution in [-0.4, -0.2) is 36.4 Å². The number of carbonyl (C=O) groups is 1. The highest BCUT2D eigenvalue weighted by Crippen LogP contribution is 2.37. The van der Waals surface area contributed by atoms with Gasteiger partial charge in [-0.15, -0.1) is 0 Å². The van der Waals surface area contributed by atoms with Crippen molar-refractivity contribution in [2.24, 2.45) is 5.73 Å². The van der Waals surface area contributed by atoms with Crippen LogP contribution >= 0.6 is 0 Å². The molecule has 0 fully saturated rings. The summed E-state index contributed by atoms with van der Waals surface area (Å²) in [5, 5.41) is 47.6. The third kappa shape index (κ3) is 4.32. The van der Waals surface area contributed by atoms with Crippen LogP contribution in [0.15, 0.2) is 64.1 Å². The zero-order chi connectivity index (χ0) is 22.7. The maximum Gasteiger partial charge on any atom is 0.248 e. The second-order valence-corrected chi connectivity index (χ2v) is 6.25. The van der Waals surface area contributed by atoms with E-state index >= 15 is 0 Å². The van der Waals surface area contributed by atoms with Gasteiger partial charge in [-0.3, -0.25) is 14.6 Å². The van der Waals surface area contributed by atoms with Gasteiger partial charge >= 0.3 is 0 Å². The summed E-state index contributed by atoms with van der Waals surface area (Å²) >= 11 is 0. The molecule has 0 saturated heterocycles. The largest absolute Gasteiger partial charge is 0.508 e. The van der Waals surface area contributed by atoms with E-state index in [1.54, 1.807) is 12.1 Å². The van der Waals surface area contributed by atoms with E-state index < -0.39 is 28.6 Å². The van der Waals surface area contributed by atoms with Gasteiger partial charge in [0.15, 0.2) is 17.3 Å². The van der Waals surface area contributed by atoms with E-state index in [1.807, 2.05) is 0 Å². The van der Waals surface area contributed by atoms with Gasteiger partial charge < -0.3 is 35.7 Å². The first-order valence-electron chi connectivity index (χ1n) is 8.63. The summed E-state index contributed by atoms with van der Waals surface area (Å²) in [5.74, 6) is -3.13. The summed E-state index contributed by atoms with van der Waals surface area (Å²) in [6.07, 6.45) is 3.06. The van der Waals surface area contributed by atoms with Gasteiger partial charge in [0.1, 0.15) is 22.5 Å². The Hall–Kier alpha value is -4.73. The van der Waals surface area contributed by atoms with Crippen LogP contribution in [0.2, 0.25) is 0 Å². The first-order valence-corrected chi connectivity index (χ1v) is 8.63. The van der Waals surface area contributed by atoms with Gasteiger partial charge in [0.25, 0.3) is 0 Å². The number of pyridine rings is 1. The van der Waals surface area contributed by atoms with E-state index in [0.717, 1.165) is 24.3 Å². The number of hydrogen-bond donors (Lipinski definition) is 6. The maximum atomic E-state index is 12.1. The number of hydrogen-bond acceptors (Lipinski definition) is 9. The molecule has 4 rings (SSSR count). The van der Waals surface area contributed by atoms with Crippen LogP contribution in [0, 0.1) is 0 Å². The van der Waals surface area contributed by atoms with E-state index in [2.05, 4.69) is 4.98 Å². The number of benzene rings is 2. The molecule has 0 spiro atoms. The normalized spacial score (nSPS) is 10.3. The lowest BCUT2D eigenvalue weighted by atomic mass is 10.1. The molecule has 158 valence electrons. The number of phenolic OH excluding ortho intramolecular Hbond substituents is 4. The van der Waals surface area contributed by atoms with Crippen molar-refractivity contribution in [1.29, 1.82) is 0 Å². The number of phenols is 4. The fraction of sp³-hybridized carbons (Fsp3) is 0. The first-order chi connectivity index (χ1) is 14.7. The third-order valence-corrected chi connectivity index (χ3v) is 4.14. The van der Waals surface area contributed by atoms with Crippen LogP contribution in [0.25, 0.3) is 22.3 Å². The quantitative estimate of drug-likeness (QED) is 0.262. The minimum atomic E-state index is -0.888. The Kier molecular flexibility index (Phi) is 5.64. The number of aromatic hydroxyl groups is 5. The zero-order valence-electron chi connectivity index (χ0n) is 15.7. The van der Waals surface area contributed by atoms with Crippen molar-refractivity contribution >= 4 is 16.9 Å². The average Bonchev–Trinajstić information content (AvgIpc) is 2.73. The molecule has 0 unspecified atom stereocenters. The van der Waals surface area contributed by atoms with Gasteiger partial charge in [-0.05, 0) is 30.3 Å². The molecule has 10 nitrogen and oxygen atoms in total. The molecule has 1 amide bonds. The zero-order valence-corrected chi connectivity index (χ0v) is 15.7. The molecule has 0 atom stereocenters. The van der Waals surface area contributed by atoms with Gasteiger partial charge in [0, 0.05) is 35.7 Å². The Balaban J connectivity index is 0.000000254. The SMILES string of the molecule is NC(=O)c1ccncc1.O=c1c(O)c(-c2ccc(O)c(O)c2)oc2cc(O)cc(O)c12. The molecule has 0 aliphatic carbocycles. The first kappa shape index (κ1) is 21.0. The summed E-state index contributed by atoms with van der Waals surface area (Å²) in [4.78, 5) is 26.3. The van der Waals surface area contributed by atoms with Gasteiger partial charge in [0.2, 0.25) is 17.1 Å². The van der Waals surface area contributed by atoms with E-state index in [4.69, 9.17) is 10.2 Å². The van der Waals surface area contributed by atoms with E-state index in [0.29, 0.717) is 5.56 Å². The average molecular weight is 424 g/mol. The predicted octanol–water partition coefficient (Wildman–Crippen LogP) is 2.17. The Morgan fingerprint density at radius 1 is 0.871 bits per heavy atom. The van der Waals surface area contributed by atoms with Crippen molar-refractivity contribution in [3.05, 3.63) is 70.6 Å². The Bertz CT molecular complexity index is 1330. The van der Waals surface area contributed by atoms with Crippen LogP contribution < -0.4 is 11.2 Å². The molecule has 0 aliphatic heterocycles. The fourth-order valence-electron chi connectivity index (χ4n) is 2.65. The minimum Gasteiger partial charge on any atom is -0.508 e. The summed E-state index contributed by atoms with van der Waals surface area (Å²) in [6.45, 7) is 0. The second-order valence-electron chi connectivity index (χ2n) is 6.25. The topological polar surface area (TPSA) is 187 Å². The van der Waals surface area contributed by atoms with Crippen LogP contribution in [0.3, 0.4) is 0 Å². The highest BCUT2D eigenvalue weighted by Gasteiger charge is 2.19. The summed E-state index contributed by atoms with van der Waals surface area (Å²) in [6, 6.07) is 8.78. The number of nitrogens with zero attached hydrogens (tertiary/aromatic N) is 1. The lowest BCUT2D eigenvalue weighted by molar-refractivity contribution is 0.1000. The fourth-order valence-corrected chi connectivity index (χ4v) is 2.65. The van der Waals surface area contributed by atoms with Crippen LogP contribution in [0.1, 0.15) is 10.4 Å². The molecule has 2 heterocycles. The molecule has 31 heavy (non-hydrogen) atoms. The third-order valence-electron chi connectivity index (χ3n) is 4.14. The number of rotatable bonds is 2. The number of primary amides is 1. The van der Waals surface area contributed by atoms with Crippen molar-refractivity contribution in [3.8, 4) is 40.1 Å². The van der Waals surface area contributed by atoms with E-state index in [9.17, 15) is 35.1 Å². The Morgan fingerprint density at radius 2 is 1.55 bits per heavy atom. The summed E-state index contributed by atoms with van der Waals surface area (Å²) in [7, 11) is 0. The van der Waals surface area contributed by atoms with Gasteiger partial charge in [-0.25, -0.2) is 0 Å². The van der Waals surface area contributed by atoms with Crippen LogP contribution in [0.4, 0.5) is 0 Å². The Labute approximate surface area is 173 Å². The van der Waals surface area contributed by atoms with Crippen LogP contribution in [0.5, 0.6) is 28.7 Å². The van der Waals surface area contributed by atoms with E-state index in [1.165, 1.54) is 18.5 Å². The minimum absolute atomic E-state index is 0.134. The number of nitrogens with two attached hydrogens (primary N) is 1. The number of amides is 1. The summed E-state index contributed by atoms with van der Waals surface area (Å²) in [5.41, 5.74) is 4.55. The van der Waals surface area contributed by atoms with Crippen molar-refractivity contribution in [1.82, 2.24) is 4.98 Å². The molecule has 2 aromatic heterocycles. The van der Waals surface area contributed by atoms with Crippen molar-refractivity contribution in [2.45, 2.75) is 0 Å². The predicted molar refractivity (Wildman–Crippen MR) is 109 cm³/mol. The van der Waals surface area contributed by atoms with Crippen molar-refractivity contribution in [2.75, 3.05) is 0 Å². The number of carbonyl (C=O) groups excluding carboxylic acids is 1. The van der Waals surface area contributed by atoms with Crippen molar-refractivity contribution in [3.63, 3.8) is 0 Å². The van der Waals surface area contributed by atoms with Gasteiger partial charge in [0.05, 0.1) is 0 Å². The molecule has 10 heteroatoms. The van der Waals surface area contributed by atoms with E-state index in [-0.39, 0.29) is 33.8 Å². The molecule has 0 radical (unpaired) electrons. The number of fused-ring (bicyclic) bond motifs is 1. The van der Waals surface area contributed by atoms with Gasteiger partial charge in [-0.1, -0.05) is 0 Å². The van der Waals surface area contributed by atoms with Crippen molar-refractivity contribution < 1.29 is 34.7 Å².